The molecular formula is C55H40N2. The van der Waals surface area contributed by atoms with Crippen molar-refractivity contribution in [2.75, 3.05) is 4.90 Å². The topological polar surface area (TPSA) is 8.17 Å². The van der Waals surface area contributed by atoms with Crippen molar-refractivity contribution in [2.45, 2.75) is 6.92 Å². The zero-order valence-electron chi connectivity index (χ0n) is 31.8. The summed E-state index contributed by atoms with van der Waals surface area (Å²) < 4.78 is 2.48. The third-order valence-corrected chi connectivity index (χ3v) is 11.1. The molecule has 270 valence electrons. The predicted octanol–water partition coefficient (Wildman–Crippen LogP) is 15.2. The summed E-state index contributed by atoms with van der Waals surface area (Å²) in [6.45, 7) is 2.15. The predicted molar refractivity (Wildman–Crippen MR) is 242 cm³/mol. The van der Waals surface area contributed by atoms with Crippen LogP contribution in [0.15, 0.2) is 224 Å². The highest BCUT2D eigenvalue weighted by Crippen LogP contribution is 2.46. The molecule has 0 amide bonds. The second-order valence-corrected chi connectivity index (χ2v) is 14.6. The Morgan fingerprint density at radius 2 is 0.825 bits per heavy atom. The summed E-state index contributed by atoms with van der Waals surface area (Å²) in [5.41, 5.74) is 17.6. The molecular weight excluding hydrogens is 689 g/mol. The summed E-state index contributed by atoms with van der Waals surface area (Å²) in [5.74, 6) is 0. The Bertz CT molecular complexity index is 2880. The first-order valence-corrected chi connectivity index (χ1v) is 19.6. The first kappa shape index (κ1) is 34.1. The molecule has 0 aliphatic heterocycles. The zero-order chi connectivity index (χ0) is 38.1. The minimum Gasteiger partial charge on any atom is -0.310 e. The quantitative estimate of drug-likeness (QED) is 0.151. The molecule has 0 fully saturated rings. The first-order valence-electron chi connectivity index (χ1n) is 19.6. The molecule has 0 saturated heterocycles. The monoisotopic (exact) mass is 728 g/mol. The fourth-order valence-corrected chi connectivity index (χ4v) is 8.35. The average Bonchev–Trinajstić information content (AvgIpc) is 3.63. The molecule has 9 aromatic carbocycles. The Morgan fingerprint density at radius 1 is 0.351 bits per heavy atom. The van der Waals surface area contributed by atoms with Crippen LogP contribution in [0.2, 0.25) is 0 Å². The summed E-state index contributed by atoms with van der Waals surface area (Å²) in [5, 5.41) is 2.40. The molecule has 1 heterocycles. The van der Waals surface area contributed by atoms with Gasteiger partial charge in [0.1, 0.15) is 0 Å². The van der Waals surface area contributed by atoms with Crippen molar-refractivity contribution in [1.29, 1.82) is 0 Å². The van der Waals surface area contributed by atoms with E-state index in [0.717, 1.165) is 33.8 Å². The maximum atomic E-state index is 2.48. The van der Waals surface area contributed by atoms with Crippen LogP contribution in [0, 0.1) is 6.92 Å². The number of benzene rings is 9. The summed E-state index contributed by atoms with van der Waals surface area (Å²) >= 11 is 0. The lowest BCUT2D eigenvalue weighted by molar-refractivity contribution is 1.18. The van der Waals surface area contributed by atoms with Gasteiger partial charge < -0.3 is 9.47 Å². The summed E-state index contributed by atoms with van der Waals surface area (Å²) in [7, 11) is 0. The molecule has 0 bridgehead atoms. The van der Waals surface area contributed by atoms with Crippen LogP contribution < -0.4 is 4.90 Å². The van der Waals surface area contributed by atoms with Crippen LogP contribution in [0.3, 0.4) is 0 Å². The van der Waals surface area contributed by atoms with Crippen molar-refractivity contribution in [2.24, 2.45) is 0 Å². The van der Waals surface area contributed by atoms with Crippen molar-refractivity contribution in [1.82, 2.24) is 4.57 Å². The third-order valence-electron chi connectivity index (χ3n) is 11.1. The van der Waals surface area contributed by atoms with Gasteiger partial charge in [-0.2, -0.15) is 0 Å². The number of anilines is 3. The van der Waals surface area contributed by atoms with Crippen LogP contribution in [0.5, 0.6) is 0 Å². The lowest BCUT2D eigenvalue weighted by atomic mass is 9.92. The molecule has 10 aromatic rings. The Morgan fingerprint density at radius 3 is 1.42 bits per heavy atom. The van der Waals surface area contributed by atoms with E-state index in [1.165, 1.54) is 60.8 Å². The van der Waals surface area contributed by atoms with Gasteiger partial charge in [0.15, 0.2) is 0 Å². The first-order chi connectivity index (χ1) is 28.2. The number of nitrogens with zero attached hydrogens (tertiary/aromatic N) is 2. The van der Waals surface area contributed by atoms with Gasteiger partial charge >= 0.3 is 0 Å². The van der Waals surface area contributed by atoms with Crippen LogP contribution in [0.4, 0.5) is 17.1 Å². The maximum Gasteiger partial charge on any atom is 0.0562 e. The van der Waals surface area contributed by atoms with E-state index in [2.05, 4.69) is 241 Å². The summed E-state index contributed by atoms with van der Waals surface area (Å²) in [4.78, 5) is 2.42. The van der Waals surface area contributed by atoms with Gasteiger partial charge in [-0.1, -0.05) is 181 Å². The van der Waals surface area contributed by atoms with Crippen molar-refractivity contribution in [3.63, 3.8) is 0 Å². The zero-order valence-corrected chi connectivity index (χ0v) is 31.8. The van der Waals surface area contributed by atoms with Gasteiger partial charge in [-0.3, -0.25) is 0 Å². The van der Waals surface area contributed by atoms with Gasteiger partial charge in [0.25, 0.3) is 0 Å². The van der Waals surface area contributed by atoms with Gasteiger partial charge in [0, 0.05) is 27.7 Å². The van der Waals surface area contributed by atoms with E-state index in [0.29, 0.717) is 0 Å². The number of aryl methyl sites for hydroxylation is 1. The van der Waals surface area contributed by atoms with Crippen LogP contribution in [0.1, 0.15) is 5.56 Å². The Hall–Kier alpha value is -7.42. The van der Waals surface area contributed by atoms with Crippen molar-refractivity contribution in [3.8, 4) is 50.2 Å². The Labute approximate surface area is 334 Å². The van der Waals surface area contributed by atoms with E-state index in [-0.39, 0.29) is 0 Å². The van der Waals surface area contributed by atoms with E-state index in [4.69, 9.17) is 0 Å². The van der Waals surface area contributed by atoms with E-state index in [1.54, 1.807) is 0 Å². The maximum absolute atomic E-state index is 2.48. The van der Waals surface area contributed by atoms with Gasteiger partial charge in [-0.05, 0) is 94.4 Å². The number of hydrogen-bond acceptors (Lipinski definition) is 1. The number of fused-ring (bicyclic) bond motifs is 3. The van der Waals surface area contributed by atoms with Crippen LogP contribution >= 0.6 is 0 Å². The molecule has 0 spiro atoms. The molecule has 1 aromatic heterocycles. The molecule has 0 atom stereocenters. The van der Waals surface area contributed by atoms with Crippen LogP contribution in [-0.4, -0.2) is 4.57 Å². The van der Waals surface area contributed by atoms with E-state index >= 15 is 0 Å². The number of hydrogen-bond donors (Lipinski definition) is 0. The molecule has 0 aliphatic carbocycles. The summed E-state index contributed by atoms with van der Waals surface area (Å²) in [6, 6.07) is 81.3. The van der Waals surface area contributed by atoms with Crippen molar-refractivity contribution >= 4 is 38.9 Å². The molecule has 57 heavy (non-hydrogen) atoms. The highest BCUT2D eigenvalue weighted by atomic mass is 15.1. The minimum absolute atomic E-state index is 1.10. The Kier molecular flexibility index (Phi) is 8.78. The second kappa shape index (κ2) is 14.7. The van der Waals surface area contributed by atoms with E-state index < -0.39 is 0 Å². The number of aromatic nitrogens is 1. The van der Waals surface area contributed by atoms with Gasteiger partial charge in [-0.15, -0.1) is 0 Å². The number of rotatable bonds is 8. The van der Waals surface area contributed by atoms with Crippen molar-refractivity contribution in [3.05, 3.63) is 230 Å². The van der Waals surface area contributed by atoms with Crippen LogP contribution in [0.25, 0.3) is 72.0 Å². The number of para-hydroxylation sites is 1. The molecule has 0 unspecified atom stereocenters. The van der Waals surface area contributed by atoms with Gasteiger partial charge in [0.2, 0.25) is 0 Å². The third kappa shape index (κ3) is 6.28. The van der Waals surface area contributed by atoms with Crippen LogP contribution in [-0.2, 0) is 0 Å². The summed E-state index contributed by atoms with van der Waals surface area (Å²) in [6.07, 6.45) is 0. The largest absolute Gasteiger partial charge is 0.310 e. The smallest absolute Gasteiger partial charge is 0.0562 e. The van der Waals surface area contributed by atoms with Gasteiger partial charge in [0.05, 0.1) is 22.4 Å². The highest BCUT2D eigenvalue weighted by Gasteiger charge is 2.23. The second-order valence-electron chi connectivity index (χ2n) is 14.6. The van der Waals surface area contributed by atoms with Gasteiger partial charge in [-0.25, -0.2) is 0 Å². The highest BCUT2D eigenvalue weighted by molar-refractivity contribution is 6.17. The molecule has 10 rings (SSSR count). The molecule has 2 heteroatoms. The standard InChI is InChI=1S/C55H40N2/c1-39-27-29-44(30-28-39)48-22-13-24-51(54(48)45-19-9-4-10-20-45)57-50-23-12-11-21-49(50)55-52(25-14-26-53(55)57)56(46-35-31-42(32-36-46)40-15-5-2-6-16-40)47-37-33-43(34-38-47)41-17-7-3-8-18-41/h2-38H,1H3. The molecule has 0 saturated carbocycles. The normalized spacial score (nSPS) is 11.2. The molecule has 0 aliphatic rings. The average molecular weight is 729 g/mol. The van der Waals surface area contributed by atoms with E-state index in [1.807, 2.05) is 0 Å². The SMILES string of the molecule is Cc1ccc(-c2cccc(-n3c4ccccc4c4c(N(c5ccc(-c6ccccc6)cc5)c5ccc(-c6ccccc6)cc5)cccc43)c2-c2ccccc2)cc1. The minimum atomic E-state index is 1.10. The molecule has 0 N–H and O–H groups in total. The lowest BCUT2D eigenvalue weighted by Gasteiger charge is -2.27. The molecule has 0 radical (unpaired) electrons. The molecule has 2 nitrogen and oxygen atoms in total. The fourth-order valence-electron chi connectivity index (χ4n) is 8.35. The van der Waals surface area contributed by atoms with Crippen molar-refractivity contribution < 1.29 is 0 Å². The fraction of sp³-hybridized carbons (Fsp3) is 0.0182. The Balaban J connectivity index is 1.22. The lowest BCUT2D eigenvalue weighted by Crippen LogP contribution is -2.10. The van der Waals surface area contributed by atoms with E-state index in [9.17, 15) is 0 Å².